The maximum absolute atomic E-state index is 9.39. The lowest BCUT2D eigenvalue weighted by molar-refractivity contribution is 0.102. The summed E-state index contributed by atoms with van der Waals surface area (Å²) in [6, 6.07) is 16.3. The van der Waals surface area contributed by atoms with E-state index in [1.54, 1.807) is 6.26 Å². The van der Waals surface area contributed by atoms with Crippen molar-refractivity contribution in [3.63, 3.8) is 0 Å². The highest BCUT2D eigenvalue weighted by atomic mass is 16.3. The van der Waals surface area contributed by atoms with Gasteiger partial charge in [0, 0.05) is 32.7 Å². The number of rotatable bonds is 4. The molecule has 1 atom stereocenters. The van der Waals surface area contributed by atoms with Gasteiger partial charge in [0.1, 0.15) is 5.76 Å². The van der Waals surface area contributed by atoms with Crippen LogP contribution in [-0.4, -0.2) is 36.0 Å². The van der Waals surface area contributed by atoms with Gasteiger partial charge < -0.3 is 4.42 Å². The summed E-state index contributed by atoms with van der Waals surface area (Å²) in [4.78, 5) is 4.63. The van der Waals surface area contributed by atoms with Crippen LogP contribution in [0.5, 0.6) is 0 Å². The Bertz CT molecular complexity index is 580. The monoisotopic (exact) mass is 281 g/mol. The minimum Gasteiger partial charge on any atom is -0.467 e. The van der Waals surface area contributed by atoms with Crippen molar-refractivity contribution in [3.8, 4) is 6.07 Å². The van der Waals surface area contributed by atoms with E-state index in [9.17, 15) is 5.26 Å². The maximum atomic E-state index is 9.39. The van der Waals surface area contributed by atoms with Crippen LogP contribution in [0.3, 0.4) is 0 Å². The first-order chi connectivity index (χ1) is 10.4. The molecular weight excluding hydrogens is 262 g/mol. The Morgan fingerprint density at radius 2 is 1.81 bits per heavy atom. The fraction of sp³-hybridized carbons (Fsp3) is 0.353. The van der Waals surface area contributed by atoms with Gasteiger partial charge in [-0.25, -0.2) is 0 Å². The second-order valence-electron chi connectivity index (χ2n) is 5.34. The number of benzene rings is 1. The van der Waals surface area contributed by atoms with Crippen molar-refractivity contribution >= 4 is 0 Å². The van der Waals surface area contributed by atoms with Gasteiger partial charge in [-0.1, -0.05) is 30.3 Å². The normalized spacial score (nSPS) is 18.2. The average Bonchev–Trinajstić information content (AvgIpc) is 3.05. The minimum absolute atomic E-state index is 0.265. The smallest absolute Gasteiger partial charge is 0.156 e. The topological polar surface area (TPSA) is 43.4 Å². The van der Waals surface area contributed by atoms with Gasteiger partial charge in [-0.15, -0.1) is 0 Å². The van der Waals surface area contributed by atoms with Crippen LogP contribution in [0, 0.1) is 11.3 Å². The van der Waals surface area contributed by atoms with Gasteiger partial charge >= 0.3 is 0 Å². The number of furan rings is 1. The zero-order chi connectivity index (χ0) is 14.5. The van der Waals surface area contributed by atoms with Crippen LogP contribution in [0.1, 0.15) is 17.4 Å². The Morgan fingerprint density at radius 3 is 2.43 bits per heavy atom. The molecule has 0 spiro atoms. The van der Waals surface area contributed by atoms with Crippen molar-refractivity contribution in [3.05, 3.63) is 60.1 Å². The molecule has 0 saturated carbocycles. The molecule has 1 unspecified atom stereocenters. The molecule has 1 fully saturated rings. The zero-order valence-electron chi connectivity index (χ0n) is 12.0. The molecule has 0 amide bonds. The van der Waals surface area contributed by atoms with Crippen molar-refractivity contribution in [2.45, 2.75) is 12.6 Å². The van der Waals surface area contributed by atoms with Crippen LogP contribution in [0.4, 0.5) is 0 Å². The molecule has 4 nitrogen and oxygen atoms in total. The average molecular weight is 281 g/mol. The quantitative estimate of drug-likeness (QED) is 0.864. The molecule has 1 aliphatic rings. The molecule has 1 aromatic carbocycles. The van der Waals surface area contributed by atoms with Crippen molar-refractivity contribution in [2.24, 2.45) is 0 Å². The second-order valence-corrected chi connectivity index (χ2v) is 5.34. The summed E-state index contributed by atoms with van der Waals surface area (Å²) in [5.41, 5.74) is 1.34. The van der Waals surface area contributed by atoms with Crippen molar-refractivity contribution in [1.82, 2.24) is 9.80 Å². The van der Waals surface area contributed by atoms with E-state index in [2.05, 4.69) is 40.1 Å². The highest BCUT2D eigenvalue weighted by Gasteiger charge is 2.26. The predicted octanol–water partition coefficient (Wildman–Crippen LogP) is 2.66. The molecule has 0 bridgehead atoms. The molecule has 1 aliphatic heterocycles. The van der Waals surface area contributed by atoms with E-state index in [4.69, 9.17) is 4.42 Å². The van der Waals surface area contributed by atoms with Crippen molar-refractivity contribution in [2.75, 3.05) is 26.2 Å². The molecule has 2 aromatic rings. The van der Waals surface area contributed by atoms with Crippen LogP contribution < -0.4 is 0 Å². The fourth-order valence-electron chi connectivity index (χ4n) is 2.79. The van der Waals surface area contributed by atoms with E-state index in [-0.39, 0.29) is 6.04 Å². The summed E-state index contributed by atoms with van der Waals surface area (Å²) < 4.78 is 5.38. The molecule has 4 heteroatoms. The van der Waals surface area contributed by atoms with Crippen molar-refractivity contribution in [1.29, 1.82) is 5.26 Å². The first kappa shape index (κ1) is 13.9. The number of hydrogen-bond acceptors (Lipinski definition) is 4. The third kappa shape index (κ3) is 3.33. The first-order valence-electron chi connectivity index (χ1n) is 7.30. The Labute approximate surface area is 125 Å². The van der Waals surface area contributed by atoms with Gasteiger partial charge in [0.25, 0.3) is 0 Å². The van der Waals surface area contributed by atoms with Gasteiger partial charge in [-0.3, -0.25) is 9.80 Å². The highest BCUT2D eigenvalue weighted by Crippen LogP contribution is 2.22. The lowest BCUT2D eigenvalue weighted by atomic mass is 10.1. The van der Waals surface area contributed by atoms with Crippen LogP contribution in [-0.2, 0) is 6.54 Å². The molecule has 21 heavy (non-hydrogen) atoms. The summed E-state index contributed by atoms with van der Waals surface area (Å²) in [6.45, 7) is 4.73. The molecular formula is C17H19N3O. The van der Waals surface area contributed by atoms with E-state index in [0.717, 1.165) is 38.5 Å². The van der Waals surface area contributed by atoms with Gasteiger partial charge in [0.05, 0.1) is 12.3 Å². The predicted molar refractivity (Wildman–Crippen MR) is 80.4 cm³/mol. The molecule has 2 heterocycles. The van der Waals surface area contributed by atoms with Gasteiger partial charge in [-0.2, -0.15) is 5.26 Å². The minimum atomic E-state index is -0.265. The SMILES string of the molecule is N#CC(c1ccco1)N1CCN(Cc2ccccc2)CC1. The summed E-state index contributed by atoms with van der Waals surface area (Å²) in [5, 5.41) is 9.39. The fourth-order valence-corrected chi connectivity index (χ4v) is 2.79. The molecule has 1 saturated heterocycles. The summed E-state index contributed by atoms with van der Waals surface area (Å²) in [7, 11) is 0. The number of nitrogens with zero attached hydrogens (tertiary/aromatic N) is 3. The summed E-state index contributed by atoms with van der Waals surface area (Å²) in [5.74, 6) is 0.744. The van der Waals surface area contributed by atoms with Gasteiger partial charge in [-0.05, 0) is 17.7 Å². The van der Waals surface area contributed by atoms with Gasteiger partial charge in [0.15, 0.2) is 6.04 Å². The van der Waals surface area contributed by atoms with E-state index >= 15 is 0 Å². The molecule has 0 N–H and O–H groups in total. The number of piperazine rings is 1. The molecule has 0 aliphatic carbocycles. The van der Waals surface area contributed by atoms with Gasteiger partial charge in [0.2, 0.25) is 0 Å². The molecule has 0 radical (unpaired) electrons. The lowest BCUT2D eigenvalue weighted by Gasteiger charge is -2.36. The van der Waals surface area contributed by atoms with Crippen LogP contribution in [0.25, 0.3) is 0 Å². The van der Waals surface area contributed by atoms with Crippen LogP contribution in [0.15, 0.2) is 53.1 Å². The Morgan fingerprint density at radius 1 is 1.05 bits per heavy atom. The standard InChI is InChI=1S/C17H19N3O/c18-13-16(17-7-4-12-21-17)20-10-8-19(9-11-20)14-15-5-2-1-3-6-15/h1-7,12,16H,8-11,14H2. The zero-order valence-corrected chi connectivity index (χ0v) is 12.0. The maximum Gasteiger partial charge on any atom is 0.156 e. The lowest BCUT2D eigenvalue weighted by Crippen LogP contribution is -2.46. The van der Waals surface area contributed by atoms with Crippen molar-refractivity contribution < 1.29 is 4.42 Å². The Balaban J connectivity index is 1.56. The Hall–Kier alpha value is -2.09. The van der Waals surface area contributed by atoms with Crippen LogP contribution >= 0.6 is 0 Å². The number of nitriles is 1. The third-order valence-corrected chi connectivity index (χ3v) is 3.96. The van der Waals surface area contributed by atoms with E-state index in [1.165, 1.54) is 5.56 Å². The number of hydrogen-bond donors (Lipinski definition) is 0. The first-order valence-corrected chi connectivity index (χ1v) is 7.30. The summed E-state index contributed by atoms with van der Waals surface area (Å²) in [6.07, 6.45) is 1.63. The molecule has 1 aromatic heterocycles. The van der Waals surface area contributed by atoms with E-state index < -0.39 is 0 Å². The van der Waals surface area contributed by atoms with Crippen LogP contribution in [0.2, 0.25) is 0 Å². The second kappa shape index (κ2) is 6.57. The highest BCUT2D eigenvalue weighted by molar-refractivity contribution is 5.15. The van der Waals surface area contributed by atoms with E-state index in [1.807, 2.05) is 18.2 Å². The molecule has 3 rings (SSSR count). The summed E-state index contributed by atoms with van der Waals surface area (Å²) >= 11 is 0. The largest absolute Gasteiger partial charge is 0.467 e. The molecule has 108 valence electrons. The Kier molecular flexibility index (Phi) is 4.34. The third-order valence-electron chi connectivity index (χ3n) is 3.96. The van der Waals surface area contributed by atoms with E-state index in [0.29, 0.717) is 0 Å².